The zero-order valence-corrected chi connectivity index (χ0v) is 12.2. The largest absolute Gasteiger partial charge is 0.320 e. The third-order valence-electron chi connectivity index (χ3n) is 3.48. The average Bonchev–Trinajstić information content (AvgIpc) is 2.37. The molecule has 0 aliphatic heterocycles. The molecule has 1 aromatic carbocycles. The van der Waals surface area contributed by atoms with E-state index in [1.165, 1.54) is 12.1 Å². The lowest BCUT2D eigenvalue weighted by Crippen LogP contribution is -2.32. The first-order valence-electron chi connectivity index (χ1n) is 6.63. The van der Waals surface area contributed by atoms with E-state index in [2.05, 4.69) is 44.6 Å². The van der Waals surface area contributed by atoms with E-state index >= 15 is 0 Å². The summed E-state index contributed by atoms with van der Waals surface area (Å²) in [7, 11) is 2.08. The predicted octanol–water partition coefficient (Wildman–Crippen LogP) is 2.61. The molecule has 0 aliphatic rings. The van der Waals surface area contributed by atoms with Gasteiger partial charge in [0.1, 0.15) is 5.82 Å². The second-order valence-corrected chi connectivity index (χ2v) is 5.21. The molecule has 0 spiro atoms. The molecule has 0 heterocycles. The molecule has 3 heteroatoms. The molecule has 2 N–H and O–H groups in total. The van der Waals surface area contributed by atoms with Gasteiger partial charge < -0.3 is 5.73 Å². The van der Waals surface area contributed by atoms with Crippen molar-refractivity contribution in [3.05, 3.63) is 35.1 Å². The van der Waals surface area contributed by atoms with Crippen molar-refractivity contribution < 1.29 is 4.39 Å². The first-order chi connectivity index (χ1) is 8.95. The molecule has 0 bridgehead atoms. The zero-order valence-electron chi connectivity index (χ0n) is 12.2. The van der Waals surface area contributed by atoms with E-state index in [-0.39, 0.29) is 12.4 Å². The van der Waals surface area contributed by atoms with Crippen LogP contribution >= 0.6 is 0 Å². The second kappa shape index (κ2) is 7.28. The fraction of sp³-hybridized carbons (Fsp3) is 0.500. The van der Waals surface area contributed by atoms with Crippen molar-refractivity contribution in [1.82, 2.24) is 4.90 Å². The monoisotopic (exact) mass is 262 g/mol. The number of nitrogens with two attached hydrogens (primary N) is 1. The van der Waals surface area contributed by atoms with Crippen LogP contribution in [-0.2, 0) is 6.54 Å². The normalized spacial score (nSPS) is 12.4. The Kier molecular flexibility index (Phi) is 6.01. The van der Waals surface area contributed by atoms with E-state index < -0.39 is 0 Å². The highest BCUT2D eigenvalue weighted by Crippen LogP contribution is 2.16. The summed E-state index contributed by atoms with van der Waals surface area (Å²) < 4.78 is 13.3. The molecule has 1 atom stereocenters. The van der Waals surface area contributed by atoms with Gasteiger partial charge in [0.05, 0.1) is 6.54 Å². The van der Waals surface area contributed by atoms with Crippen LogP contribution in [-0.4, -0.2) is 24.5 Å². The number of rotatable bonds is 4. The summed E-state index contributed by atoms with van der Waals surface area (Å²) in [6.07, 6.45) is 0. The Bertz CT molecular complexity index is 471. The summed E-state index contributed by atoms with van der Waals surface area (Å²) in [5, 5.41) is 0. The molecule has 0 aliphatic carbocycles. The van der Waals surface area contributed by atoms with Crippen molar-refractivity contribution in [2.24, 2.45) is 11.7 Å². The van der Waals surface area contributed by atoms with Crippen LogP contribution in [0, 0.1) is 23.6 Å². The number of hydrogen-bond acceptors (Lipinski definition) is 2. The van der Waals surface area contributed by atoms with Gasteiger partial charge in [-0.15, -0.1) is 0 Å². The number of nitrogens with zero attached hydrogens (tertiary/aromatic N) is 1. The Balaban J connectivity index is 2.94. The lowest BCUT2D eigenvalue weighted by atomic mass is 10.0. The van der Waals surface area contributed by atoms with Gasteiger partial charge in [0.15, 0.2) is 0 Å². The van der Waals surface area contributed by atoms with Crippen LogP contribution in [0.3, 0.4) is 0 Å². The molecular formula is C16H23FN2. The minimum Gasteiger partial charge on any atom is -0.320 e. The maximum Gasteiger partial charge on any atom is 0.124 e. The van der Waals surface area contributed by atoms with Crippen molar-refractivity contribution in [2.45, 2.75) is 33.4 Å². The van der Waals surface area contributed by atoms with Gasteiger partial charge >= 0.3 is 0 Å². The topological polar surface area (TPSA) is 29.3 Å². The van der Waals surface area contributed by atoms with E-state index in [4.69, 9.17) is 5.73 Å². The summed E-state index contributed by atoms with van der Waals surface area (Å²) >= 11 is 0. The van der Waals surface area contributed by atoms with Crippen molar-refractivity contribution in [3.63, 3.8) is 0 Å². The lowest BCUT2D eigenvalue weighted by Gasteiger charge is -2.28. The van der Waals surface area contributed by atoms with Crippen molar-refractivity contribution in [2.75, 3.05) is 13.6 Å². The van der Waals surface area contributed by atoms with Gasteiger partial charge in [0.2, 0.25) is 0 Å². The van der Waals surface area contributed by atoms with Gasteiger partial charge in [-0.1, -0.05) is 31.8 Å². The van der Waals surface area contributed by atoms with E-state index in [1.807, 2.05) is 0 Å². The highest BCUT2D eigenvalue weighted by atomic mass is 19.1. The van der Waals surface area contributed by atoms with E-state index in [0.717, 1.165) is 17.7 Å². The minimum atomic E-state index is -0.260. The SMILES string of the molecule is CC(C)C(C)N(C)Cc1ccc(F)cc1C#CCN. The van der Waals surface area contributed by atoms with Gasteiger partial charge in [0.25, 0.3) is 0 Å². The van der Waals surface area contributed by atoms with Crippen molar-refractivity contribution >= 4 is 0 Å². The Morgan fingerprint density at radius 1 is 1.32 bits per heavy atom. The quantitative estimate of drug-likeness (QED) is 0.845. The molecule has 104 valence electrons. The predicted molar refractivity (Wildman–Crippen MR) is 78.1 cm³/mol. The van der Waals surface area contributed by atoms with Crippen LogP contribution in [0.15, 0.2) is 18.2 Å². The second-order valence-electron chi connectivity index (χ2n) is 5.21. The maximum absolute atomic E-state index is 13.3. The van der Waals surface area contributed by atoms with E-state index in [0.29, 0.717) is 12.0 Å². The molecule has 1 aromatic rings. The van der Waals surface area contributed by atoms with Gasteiger partial charge in [-0.2, -0.15) is 0 Å². The van der Waals surface area contributed by atoms with Crippen molar-refractivity contribution in [1.29, 1.82) is 0 Å². The summed E-state index contributed by atoms with van der Waals surface area (Å²) in [4.78, 5) is 2.26. The number of benzene rings is 1. The van der Waals surface area contributed by atoms with Crippen LogP contribution in [0.4, 0.5) is 4.39 Å². The van der Waals surface area contributed by atoms with Crippen LogP contribution in [0.5, 0.6) is 0 Å². The standard InChI is InChI=1S/C16H23FN2/c1-12(2)13(3)19(4)11-15-7-8-16(17)10-14(15)6-5-9-18/h7-8,10,12-13H,9,11,18H2,1-4H3. The molecule has 0 radical (unpaired) electrons. The Labute approximate surface area is 115 Å². The Morgan fingerprint density at radius 2 is 2.00 bits per heavy atom. The Hall–Kier alpha value is -1.37. The van der Waals surface area contributed by atoms with Crippen LogP contribution in [0.2, 0.25) is 0 Å². The van der Waals surface area contributed by atoms with Gasteiger partial charge in [-0.3, -0.25) is 4.90 Å². The first-order valence-corrected chi connectivity index (χ1v) is 6.63. The summed E-state index contributed by atoms with van der Waals surface area (Å²) in [6, 6.07) is 5.22. The third-order valence-corrected chi connectivity index (χ3v) is 3.48. The van der Waals surface area contributed by atoms with Gasteiger partial charge in [0, 0.05) is 18.2 Å². The Morgan fingerprint density at radius 3 is 2.58 bits per heavy atom. The summed E-state index contributed by atoms with van der Waals surface area (Å²) in [5.74, 6) is 6.05. The van der Waals surface area contributed by atoms with Gasteiger partial charge in [-0.05, 0) is 37.6 Å². The van der Waals surface area contributed by atoms with E-state index in [9.17, 15) is 4.39 Å². The smallest absolute Gasteiger partial charge is 0.124 e. The van der Waals surface area contributed by atoms with Crippen molar-refractivity contribution in [3.8, 4) is 11.8 Å². The highest BCUT2D eigenvalue weighted by molar-refractivity contribution is 5.41. The van der Waals surface area contributed by atoms with Crippen LogP contribution < -0.4 is 5.73 Å². The highest BCUT2D eigenvalue weighted by Gasteiger charge is 2.14. The third kappa shape index (κ3) is 4.66. The molecule has 1 unspecified atom stereocenters. The first kappa shape index (κ1) is 15.7. The van der Waals surface area contributed by atoms with Crippen LogP contribution in [0.1, 0.15) is 31.9 Å². The van der Waals surface area contributed by atoms with E-state index in [1.54, 1.807) is 6.07 Å². The maximum atomic E-state index is 13.3. The fourth-order valence-corrected chi connectivity index (χ4v) is 1.87. The molecule has 19 heavy (non-hydrogen) atoms. The number of halogens is 1. The fourth-order valence-electron chi connectivity index (χ4n) is 1.87. The minimum absolute atomic E-state index is 0.260. The molecule has 0 saturated carbocycles. The molecule has 0 saturated heterocycles. The molecule has 0 amide bonds. The molecule has 0 fully saturated rings. The zero-order chi connectivity index (χ0) is 14.4. The average molecular weight is 262 g/mol. The summed E-state index contributed by atoms with van der Waals surface area (Å²) in [5.41, 5.74) is 7.14. The molecule has 1 rings (SSSR count). The van der Waals surface area contributed by atoms with Crippen LogP contribution in [0.25, 0.3) is 0 Å². The number of hydrogen-bond donors (Lipinski definition) is 1. The molecule has 2 nitrogen and oxygen atoms in total. The summed E-state index contributed by atoms with van der Waals surface area (Å²) in [6.45, 7) is 7.63. The molecular weight excluding hydrogens is 239 g/mol. The molecule has 0 aromatic heterocycles. The van der Waals surface area contributed by atoms with Gasteiger partial charge in [-0.25, -0.2) is 4.39 Å². The lowest BCUT2D eigenvalue weighted by molar-refractivity contribution is 0.200.